The zero-order valence-electron chi connectivity index (χ0n) is 13.3. The number of halogens is 1. The van der Waals surface area contributed by atoms with Crippen LogP contribution in [0.15, 0.2) is 59.3 Å². The van der Waals surface area contributed by atoms with E-state index < -0.39 is 5.97 Å². The minimum Gasteiger partial charge on any atom is -0.478 e. The predicted molar refractivity (Wildman–Crippen MR) is 101 cm³/mol. The highest BCUT2D eigenvalue weighted by Gasteiger charge is 2.10. The zero-order valence-corrected chi connectivity index (χ0v) is 14.9. The predicted octanol–water partition coefficient (Wildman–Crippen LogP) is 4.73. The Morgan fingerprint density at radius 2 is 1.68 bits per heavy atom. The summed E-state index contributed by atoms with van der Waals surface area (Å²) in [7, 11) is 0. The largest absolute Gasteiger partial charge is 0.478 e. The molecule has 0 saturated carbocycles. The SMILES string of the molecule is Cc1ccc(Nc2cc(Nc3ccccc3C(=O)O)ncn2)c(Br)c1. The van der Waals surface area contributed by atoms with Gasteiger partial charge in [0.2, 0.25) is 0 Å². The van der Waals surface area contributed by atoms with Crippen LogP contribution >= 0.6 is 15.9 Å². The van der Waals surface area contributed by atoms with Crippen molar-refractivity contribution in [2.45, 2.75) is 6.92 Å². The molecule has 3 rings (SSSR count). The number of aryl methyl sites for hydroxylation is 1. The lowest BCUT2D eigenvalue weighted by Gasteiger charge is -2.11. The van der Waals surface area contributed by atoms with Crippen LogP contribution in [0, 0.1) is 6.92 Å². The molecule has 1 heterocycles. The average molecular weight is 399 g/mol. The number of nitrogens with one attached hydrogen (secondary N) is 2. The van der Waals surface area contributed by atoms with Crippen LogP contribution in [0.2, 0.25) is 0 Å². The number of para-hydroxylation sites is 1. The molecule has 0 saturated heterocycles. The summed E-state index contributed by atoms with van der Waals surface area (Å²) in [6.45, 7) is 2.02. The molecule has 0 atom stereocenters. The van der Waals surface area contributed by atoms with Crippen molar-refractivity contribution in [1.82, 2.24) is 9.97 Å². The molecular weight excluding hydrogens is 384 g/mol. The van der Waals surface area contributed by atoms with E-state index >= 15 is 0 Å². The highest BCUT2D eigenvalue weighted by molar-refractivity contribution is 9.10. The number of carboxylic acids is 1. The Labute approximate surface area is 153 Å². The van der Waals surface area contributed by atoms with Crippen LogP contribution in [0.1, 0.15) is 15.9 Å². The van der Waals surface area contributed by atoms with Crippen LogP contribution in [0.25, 0.3) is 0 Å². The monoisotopic (exact) mass is 398 g/mol. The molecule has 0 radical (unpaired) electrons. The summed E-state index contributed by atoms with van der Waals surface area (Å²) in [6, 6.07) is 14.3. The second-order valence-corrected chi connectivity index (χ2v) is 6.23. The van der Waals surface area contributed by atoms with Crippen LogP contribution in [-0.4, -0.2) is 21.0 Å². The van der Waals surface area contributed by atoms with Crippen LogP contribution in [0.3, 0.4) is 0 Å². The van der Waals surface area contributed by atoms with E-state index in [2.05, 4.69) is 36.5 Å². The van der Waals surface area contributed by atoms with Crippen molar-refractivity contribution >= 4 is 44.9 Å². The Balaban J connectivity index is 1.84. The number of carbonyl (C=O) groups is 1. The molecule has 3 N–H and O–H groups in total. The van der Waals surface area contributed by atoms with Gasteiger partial charge in [-0.05, 0) is 52.7 Å². The van der Waals surface area contributed by atoms with Crippen molar-refractivity contribution in [2.24, 2.45) is 0 Å². The maximum Gasteiger partial charge on any atom is 0.337 e. The smallest absolute Gasteiger partial charge is 0.337 e. The molecule has 0 fully saturated rings. The van der Waals surface area contributed by atoms with Gasteiger partial charge in [-0.3, -0.25) is 0 Å². The number of nitrogens with zero attached hydrogens (tertiary/aromatic N) is 2. The van der Waals surface area contributed by atoms with Crippen LogP contribution in [-0.2, 0) is 0 Å². The minimum atomic E-state index is -1.00. The van der Waals surface area contributed by atoms with E-state index in [9.17, 15) is 9.90 Å². The summed E-state index contributed by atoms with van der Waals surface area (Å²) >= 11 is 3.52. The fraction of sp³-hybridized carbons (Fsp3) is 0.0556. The first-order chi connectivity index (χ1) is 12.0. The van der Waals surface area contributed by atoms with Crippen molar-refractivity contribution in [3.63, 3.8) is 0 Å². The first-order valence-corrected chi connectivity index (χ1v) is 8.27. The number of benzene rings is 2. The molecule has 0 aliphatic rings. The fourth-order valence-corrected chi connectivity index (χ4v) is 2.86. The Kier molecular flexibility index (Phi) is 4.95. The summed E-state index contributed by atoms with van der Waals surface area (Å²) in [6.07, 6.45) is 1.41. The summed E-state index contributed by atoms with van der Waals surface area (Å²) in [5.41, 5.74) is 2.67. The Morgan fingerprint density at radius 1 is 1.00 bits per heavy atom. The van der Waals surface area contributed by atoms with Gasteiger partial charge in [0.25, 0.3) is 0 Å². The van der Waals surface area contributed by atoms with Crippen molar-refractivity contribution in [3.05, 3.63) is 70.5 Å². The van der Waals surface area contributed by atoms with Gasteiger partial charge in [-0.15, -0.1) is 0 Å². The summed E-state index contributed by atoms with van der Waals surface area (Å²) < 4.78 is 0.928. The van der Waals surface area contributed by atoms with E-state index in [1.54, 1.807) is 24.3 Å². The molecule has 0 bridgehead atoms. The summed E-state index contributed by atoms with van der Waals surface area (Å²) in [4.78, 5) is 19.6. The van der Waals surface area contributed by atoms with Gasteiger partial charge in [0, 0.05) is 10.5 Å². The highest BCUT2D eigenvalue weighted by atomic mass is 79.9. The maximum atomic E-state index is 11.3. The van der Waals surface area contributed by atoms with E-state index in [-0.39, 0.29) is 5.56 Å². The lowest BCUT2D eigenvalue weighted by atomic mass is 10.2. The average Bonchev–Trinajstić information content (AvgIpc) is 2.58. The number of carboxylic acid groups (broad SMARTS) is 1. The number of hydrogen-bond acceptors (Lipinski definition) is 5. The third kappa shape index (κ3) is 4.13. The van der Waals surface area contributed by atoms with Crippen molar-refractivity contribution in [2.75, 3.05) is 10.6 Å². The molecular formula is C18H15BrN4O2. The molecule has 1 aromatic heterocycles. The number of rotatable bonds is 5. The van der Waals surface area contributed by atoms with Crippen LogP contribution in [0.5, 0.6) is 0 Å². The normalized spacial score (nSPS) is 10.3. The Morgan fingerprint density at radius 3 is 2.36 bits per heavy atom. The Bertz CT molecular complexity index is 930. The lowest BCUT2D eigenvalue weighted by Crippen LogP contribution is -2.04. The fourth-order valence-electron chi connectivity index (χ4n) is 2.27. The quantitative estimate of drug-likeness (QED) is 0.575. The summed E-state index contributed by atoms with van der Waals surface area (Å²) in [5, 5.41) is 15.5. The van der Waals surface area contributed by atoms with Gasteiger partial charge in [-0.25, -0.2) is 14.8 Å². The first kappa shape index (κ1) is 16.9. The maximum absolute atomic E-state index is 11.3. The van der Waals surface area contributed by atoms with Crippen LogP contribution < -0.4 is 10.6 Å². The lowest BCUT2D eigenvalue weighted by molar-refractivity contribution is 0.0698. The van der Waals surface area contributed by atoms with Gasteiger partial charge in [-0.1, -0.05) is 18.2 Å². The summed E-state index contributed by atoms with van der Waals surface area (Å²) in [5.74, 6) is 0.0865. The number of anilines is 4. The van der Waals surface area contributed by atoms with Gasteiger partial charge in [0.15, 0.2) is 0 Å². The molecule has 0 aliphatic heterocycles. The molecule has 0 unspecified atom stereocenters. The van der Waals surface area contributed by atoms with Gasteiger partial charge in [-0.2, -0.15) is 0 Å². The van der Waals surface area contributed by atoms with E-state index in [1.807, 2.05) is 25.1 Å². The molecule has 6 nitrogen and oxygen atoms in total. The number of aromatic carboxylic acids is 1. The molecule has 2 aromatic carbocycles. The van der Waals surface area contributed by atoms with Crippen molar-refractivity contribution < 1.29 is 9.90 Å². The Hall–Kier alpha value is -2.93. The van der Waals surface area contributed by atoms with E-state index in [0.717, 1.165) is 15.7 Å². The molecule has 25 heavy (non-hydrogen) atoms. The van der Waals surface area contributed by atoms with Crippen molar-refractivity contribution in [1.29, 1.82) is 0 Å². The van der Waals surface area contributed by atoms with E-state index in [1.165, 1.54) is 12.4 Å². The standard InChI is InChI=1S/C18H15BrN4O2/c1-11-6-7-15(13(19)8-11)23-17-9-16(20-10-21-17)22-14-5-3-2-4-12(14)18(24)25/h2-10H,1H3,(H,24,25)(H2,20,21,22,23). The number of aromatic nitrogens is 2. The first-order valence-electron chi connectivity index (χ1n) is 7.47. The second-order valence-electron chi connectivity index (χ2n) is 5.37. The number of hydrogen-bond donors (Lipinski definition) is 3. The second kappa shape index (κ2) is 7.31. The third-order valence-corrected chi connectivity index (χ3v) is 4.13. The minimum absolute atomic E-state index is 0.178. The van der Waals surface area contributed by atoms with Crippen molar-refractivity contribution in [3.8, 4) is 0 Å². The molecule has 7 heteroatoms. The van der Waals surface area contributed by atoms with Gasteiger partial charge < -0.3 is 15.7 Å². The third-order valence-electron chi connectivity index (χ3n) is 3.47. The zero-order chi connectivity index (χ0) is 17.8. The van der Waals surface area contributed by atoms with E-state index in [4.69, 9.17) is 0 Å². The molecule has 0 aliphatic carbocycles. The highest BCUT2D eigenvalue weighted by Crippen LogP contribution is 2.27. The topological polar surface area (TPSA) is 87.1 Å². The van der Waals surface area contributed by atoms with Gasteiger partial charge in [0.05, 0.1) is 16.9 Å². The van der Waals surface area contributed by atoms with Gasteiger partial charge >= 0.3 is 5.97 Å². The molecule has 0 spiro atoms. The van der Waals surface area contributed by atoms with Crippen LogP contribution in [0.4, 0.5) is 23.0 Å². The molecule has 126 valence electrons. The molecule has 0 amide bonds. The van der Waals surface area contributed by atoms with E-state index in [0.29, 0.717) is 17.3 Å². The van der Waals surface area contributed by atoms with Gasteiger partial charge in [0.1, 0.15) is 18.0 Å². The molecule has 3 aromatic rings.